The van der Waals surface area contributed by atoms with Gasteiger partial charge >= 0.3 is 0 Å². The molecule has 2 fully saturated rings. The van der Waals surface area contributed by atoms with Crippen molar-refractivity contribution in [2.45, 2.75) is 18.9 Å². The third-order valence-corrected chi connectivity index (χ3v) is 2.47. The van der Waals surface area contributed by atoms with Gasteiger partial charge in [-0.1, -0.05) is 0 Å². The number of hydrogen-bond donors (Lipinski definition) is 0. The monoisotopic (exact) mass is 155 g/mol. The highest BCUT2D eigenvalue weighted by atomic mass is 16.3. The van der Waals surface area contributed by atoms with Gasteiger partial charge in [0.25, 0.3) is 0 Å². The van der Waals surface area contributed by atoms with Gasteiger partial charge in [-0.2, -0.15) is 0 Å². The third kappa shape index (κ3) is 1.50. The molecule has 0 unspecified atom stereocenters. The largest absolute Gasteiger partial charge is 0.297 e. The van der Waals surface area contributed by atoms with Gasteiger partial charge in [-0.3, -0.25) is 9.91 Å². The minimum atomic E-state index is 0.819. The van der Waals surface area contributed by atoms with Gasteiger partial charge in [-0.15, -0.1) is 4.91 Å². The Morgan fingerprint density at radius 3 is 2.18 bits per heavy atom. The quantitative estimate of drug-likeness (QED) is 0.543. The van der Waals surface area contributed by atoms with Crippen molar-refractivity contribution in [3.63, 3.8) is 0 Å². The van der Waals surface area contributed by atoms with Crippen molar-refractivity contribution in [3.8, 4) is 0 Å². The normalized spacial score (nSPS) is 27.1. The Morgan fingerprint density at radius 2 is 1.73 bits per heavy atom. The standard InChI is InChI=1S/C7H13N3O/c11-8-10-5-3-9(4-6-10)7-1-2-7/h7H,1-6H2. The second-order valence-corrected chi connectivity index (χ2v) is 3.30. The molecule has 11 heavy (non-hydrogen) atoms. The third-order valence-electron chi connectivity index (χ3n) is 2.47. The minimum absolute atomic E-state index is 0.819. The summed E-state index contributed by atoms with van der Waals surface area (Å²) in [6.45, 7) is 3.69. The Labute approximate surface area is 66.1 Å². The molecule has 0 radical (unpaired) electrons. The van der Waals surface area contributed by atoms with Gasteiger partial charge in [-0.25, -0.2) is 0 Å². The van der Waals surface area contributed by atoms with Crippen LogP contribution >= 0.6 is 0 Å². The van der Waals surface area contributed by atoms with Crippen molar-refractivity contribution in [1.82, 2.24) is 9.91 Å². The van der Waals surface area contributed by atoms with E-state index in [0.717, 1.165) is 32.2 Å². The highest BCUT2D eigenvalue weighted by molar-refractivity contribution is 4.86. The van der Waals surface area contributed by atoms with E-state index in [4.69, 9.17) is 0 Å². The Hall–Kier alpha value is -0.640. The summed E-state index contributed by atoms with van der Waals surface area (Å²) in [7, 11) is 0. The van der Waals surface area contributed by atoms with E-state index in [1.54, 1.807) is 5.01 Å². The average molecular weight is 155 g/mol. The maximum Gasteiger partial charge on any atom is 0.0524 e. The molecule has 4 heteroatoms. The van der Waals surface area contributed by atoms with Crippen molar-refractivity contribution < 1.29 is 0 Å². The van der Waals surface area contributed by atoms with Crippen molar-refractivity contribution in [2.24, 2.45) is 5.29 Å². The average Bonchev–Trinajstić information content (AvgIpc) is 2.87. The molecule has 2 aliphatic rings. The predicted octanol–water partition coefficient (Wildman–Crippen LogP) is 0.448. The molecule has 62 valence electrons. The summed E-state index contributed by atoms with van der Waals surface area (Å²) >= 11 is 0. The van der Waals surface area contributed by atoms with Gasteiger partial charge in [0.1, 0.15) is 0 Å². The molecule has 1 heterocycles. The molecule has 1 aliphatic carbocycles. The summed E-state index contributed by atoms with van der Waals surface area (Å²) in [5, 5.41) is 4.53. The molecule has 0 spiro atoms. The number of nitroso groups, excluding NO2 is 1. The Balaban J connectivity index is 1.79. The minimum Gasteiger partial charge on any atom is -0.297 e. The lowest BCUT2D eigenvalue weighted by atomic mass is 10.3. The zero-order valence-corrected chi connectivity index (χ0v) is 6.57. The summed E-state index contributed by atoms with van der Waals surface area (Å²) in [6, 6.07) is 0.837. The van der Waals surface area contributed by atoms with E-state index in [-0.39, 0.29) is 0 Å². The van der Waals surface area contributed by atoms with E-state index in [0.29, 0.717) is 0 Å². The van der Waals surface area contributed by atoms with Crippen LogP contribution in [0.1, 0.15) is 12.8 Å². The fourth-order valence-electron chi connectivity index (χ4n) is 1.60. The van der Waals surface area contributed by atoms with Gasteiger partial charge < -0.3 is 0 Å². The van der Waals surface area contributed by atoms with Crippen LogP contribution in [-0.4, -0.2) is 42.1 Å². The van der Waals surface area contributed by atoms with Crippen LogP contribution in [0.2, 0.25) is 0 Å². The van der Waals surface area contributed by atoms with Gasteiger partial charge in [-0.05, 0) is 12.8 Å². The maximum atomic E-state index is 10.1. The molecule has 0 bridgehead atoms. The van der Waals surface area contributed by atoms with E-state index >= 15 is 0 Å². The summed E-state index contributed by atoms with van der Waals surface area (Å²) in [5.41, 5.74) is 0. The molecule has 1 saturated heterocycles. The van der Waals surface area contributed by atoms with Crippen LogP contribution in [0, 0.1) is 4.91 Å². The van der Waals surface area contributed by atoms with Crippen molar-refractivity contribution in [1.29, 1.82) is 0 Å². The second kappa shape index (κ2) is 2.77. The number of nitrogens with zero attached hydrogens (tertiary/aromatic N) is 3. The summed E-state index contributed by atoms with van der Waals surface area (Å²) in [5.74, 6) is 0. The van der Waals surface area contributed by atoms with Crippen LogP contribution in [0.5, 0.6) is 0 Å². The van der Waals surface area contributed by atoms with Crippen LogP contribution in [0.3, 0.4) is 0 Å². The van der Waals surface area contributed by atoms with Gasteiger partial charge in [0.2, 0.25) is 0 Å². The first-order valence-corrected chi connectivity index (χ1v) is 4.22. The van der Waals surface area contributed by atoms with Gasteiger partial charge in [0.05, 0.1) is 18.4 Å². The predicted molar refractivity (Wildman–Crippen MR) is 42.0 cm³/mol. The molecule has 1 saturated carbocycles. The van der Waals surface area contributed by atoms with E-state index in [9.17, 15) is 4.91 Å². The lowest BCUT2D eigenvalue weighted by molar-refractivity contribution is 0.128. The van der Waals surface area contributed by atoms with Crippen molar-refractivity contribution in [3.05, 3.63) is 4.91 Å². The van der Waals surface area contributed by atoms with E-state index in [1.165, 1.54) is 12.8 Å². The van der Waals surface area contributed by atoms with Gasteiger partial charge in [0.15, 0.2) is 0 Å². The fourth-order valence-corrected chi connectivity index (χ4v) is 1.60. The molecule has 0 amide bonds. The fraction of sp³-hybridized carbons (Fsp3) is 1.00. The second-order valence-electron chi connectivity index (χ2n) is 3.30. The molecule has 0 atom stereocenters. The van der Waals surface area contributed by atoms with E-state index in [1.807, 2.05) is 0 Å². The molecule has 1 aliphatic heterocycles. The first-order valence-electron chi connectivity index (χ1n) is 4.22. The highest BCUT2D eigenvalue weighted by Gasteiger charge is 2.30. The summed E-state index contributed by atoms with van der Waals surface area (Å²) in [6.07, 6.45) is 2.71. The molecular weight excluding hydrogens is 142 g/mol. The topological polar surface area (TPSA) is 35.9 Å². The summed E-state index contributed by atoms with van der Waals surface area (Å²) < 4.78 is 0. The molecule has 0 aromatic carbocycles. The smallest absolute Gasteiger partial charge is 0.0524 e. The van der Waals surface area contributed by atoms with E-state index < -0.39 is 0 Å². The molecular formula is C7H13N3O. The molecule has 2 rings (SSSR count). The van der Waals surface area contributed by atoms with Crippen LogP contribution in [0.15, 0.2) is 5.29 Å². The number of rotatable bonds is 2. The van der Waals surface area contributed by atoms with Crippen LogP contribution in [0.4, 0.5) is 0 Å². The lowest BCUT2D eigenvalue weighted by Gasteiger charge is -2.30. The highest BCUT2D eigenvalue weighted by Crippen LogP contribution is 2.27. The first kappa shape index (κ1) is 7.03. The summed E-state index contributed by atoms with van der Waals surface area (Å²) in [4.78, 5) is 12.6. The molecule has 0 N–H and O–H groups in total. The molecule has 4 nitrogen and oxygen atoms in total. The Bertz CT molecular complexity index is 150. The Kier molecular flexibility index (Phi) is 1.77. The zero-order chi connectivity index (χ0) is 7.68. The van der Waals surface area contributed by atoms with Crippen molar-refractivity contribution in [2.75, 3.05) is 26.2 Å². The van der Waals surface area contributed by atoms with Gasteiger partial charge in [0, 0.05) is 19.1 Å². The zero-order valence-electron chi connectivity index (χ0n) is 6.57. The number of hydrogen-bond acceptors (Lipinski definition) is 3. The molecule has 0 aromatic rings. The lowest BCUT2D eigenvalue weighted by Crippen LogP contribution is -2.44. The van der Waals surface area contributed by atoms with Crippen molar-refractivity contribution >= 4 is 0 Å². The molecule has 0 aromatic heterocycles. The van der Waals surface area contributed by atoms with Crippen LogP contribution in [0.25, 0.3) is 0 Å². The van der Waals surface area contributed by atoms with Crippen LogP contribution in [-0.2, 0) is 0 Å². The SMILES string of the molecule is O=NN1CCN(C2CC2)CC1. The maximum absolute atomic E-state index is 10.1. The Morgan fingerprint density at radius 1 is 1.09 bits per heavy atom. The van der Waals surface area contributed by atoms with E-state index in [2.05, 4.69) is 10.2 Å². The number of piperazine rings is 1. The van der Waals surface area contributed by atoms with Crippen LogP contribution < -0.4 is 0 Å². The first-order chi connectivity index (χ1) is 5.40.